The van der Waals surface area contributed by atoms with Crippen molar-refractivity contribution < 1.29 is 4.74 Å². The van der Waals surface area contributed by atoms with Crippen LogP contribution in [0.15, 0.2) is 40.9 Å². The summed E-state index contributed by atoms with van der Waals surface area (Å²) >= 11 is 15.3. The van der Waals surface area contributed by atoms with Crippen LogP contribution in [-0.4, -0.2) is 6.54 Å². The van der Waals surface area contributed by atoms with Gasteiger partial charge in [0.2, 0.25) is 0 Å². The molecule has 19 heavy (non-hydrogen) atoms. The number of hydrogen-bond donors (Lipinski definition) is 1. The number of halogens is 3. The largest absolute Gasteiger partial charge is 0.456 e. The van der Waals surface area contributed by atoms with E-state index in [1.807, 2.05) is 12.1 Å². The Hall–Kier alpha value is -0.740. The molecule has 2 aromatic carbocycles. The monoisotopic (exact) mass is 359 g/mol. The molecule has 2 rings (SSSR count). The van der Waals surface area contributed by atoms with Crippen LogP contribution in [0.5, 0.6) is 11.5 Å². The van der Waals surface area contributed by atoms with Crippen molar-refractivity contribution in [3.8, 4) is 11.5 Å². The third-order valence-electron chi connectivity index (χ3n) is 2.56. The molecular formula is C14H12BrCl2NO. The standard InChI is InChI=1S/C14H12BrCl2NO/c15-12-7-10(16)3-4-13(12)19-14-8-11(17)2-1-9(14)5-6-18/h1-4,7-8H,5-6,18H2. The number of rotatable bonds is 4. The van der Waals surface area contributed by atoms with Gasteiger partial charge in [-0.25, -0.2) is 0 Å². The van der Waals surface area contributed by atoms with Crippen LogP contribution in [0.1, 0.15) is 5.56 Å². The molecule has 0 saturated carbocycles. The molecule has 0 fully saturated rings. The minimum absolute atomic E-state index is 0.555. The van der Waals surface area contributed by atoms with Crippen LogP contribution in [-0.2, 0) is 6.42 Å². The van der Waals surface area contributed by atoms with Crippen molar-refractivity contribution >= 4 is 39.1 Å². The topological polar surface area (TPSA) is 35.2 Å². The molecule has 0 aliphatic heterocycles. The van der Waals surface area contributed by atoms with Gasteiger partial charge in [0.25, 0.3) is 0 Å². The summed E-state index contributed by atoms with van der Waals surface area (Å²) in [4.78, 5) is 0. The second-order valence-electron chi connectivity index (χ2n) is 3.97. The maximum Gasteiger partial charge on any atom is 0.141 e. The smallest absolute Gasteiger partial charge is 0.141 e. The Morgan fingerprint density at radius 3 is 2.37 bits per heavy atom. The second-order valence-corrected chi connectivity index (χ2v) is 5.69. The molecule has 2 N–H and O–H groups in total. The van der Waals surface area contributed by atoms with E-state index in [9.17, 15) is 0 Å². The highest BCUT2D eigenvalue weighted by molar-refractivity contribution is 9.10. The third kappa shape index (κ3) is 3.86. The lowest BCUT2D eigenvalue weighted by Gasteiger charge is -2.12. The van der Waals surface area contributed by atoms with Gasteiger partial charge in [-0.05, 0) is 64.8 Å². The minimum atomic E-state index is 0.555. The van der Waals surface area contributed by atoms with E-state index in [1.54, 1.807) is 24.3 Å². The summed E-state index contributed by atoms with van der Waals surface area (Å²) in [7, 11) is 0. The molecule has 2 aromatic rings. The Kier molecular flexibility index (Phi) is 5.11. The molecule has 0 saturated heterocycles. The zero-order valence-corrected chi connectivity index (χ0v) is 13.1. The van der Waals surface area contributed by atoms with Gasteiger partial charge in [-0.1, -0.05) is 29.3 Å². The van der Waals surface area contributed by atoms with Crippen molar-refractivity contribution in [1.29, 1.82) is 0 Å². The zero-order valence-electron chi connectivity index (χ0n) is 10.00. The van der Waals surface area contributed by atoms with Crippen molar-refractivity contribution in [3.63, 3.8) is 0 Å². The lowest BCUT2D eigenvalue weighted by atomic mass is 10.1. The highest BCUT2D eigenvalue weighted by Crippen LogP contribution is 2.34. The van der Waals surface area contributed by atoms with Crippen molar-refractivity contribution in [2.24, 2.45) is 5.73 Å². The Labute approximate surface area is 130 Å². The maximum atomic E-state index is 6.00. The van der Waals surface area contributed by atoms with Crippen molar-refractivity contribution in [3.05, 3.63) is 56.5 Å². The van der Waals surface area contributed by atoms with Gasteiger partial charge in [-0.3, -0.25) is 0 Å². The fourth-order valence-electron chi connectivity index (χ4n) is 1.66. The quantitative estimate of drug-likeness (QED) is 0.827. The van der Waals surface area contributed by atoms with E-state index >= 15 is 0 Å². The van der Waals surface area contributed by atoms with Crippen LogP contribution in [0.2, 0.25) is 10.0 Å². The van der Waals surface area contributed by atoms with Gasteiger partial charge in [0.15, 0.2) is 0 Å². The van der Waals surface area contributed by atoms with Crippen molar-refractivity contribution in [2.45, 2.75) is 6.42 Å². The third-order valence-corrected chi connectivity index (χ3v) is 3.65. The molecule has 0 atom stereocenters. The van der Waals surface area contributed by atoms with E-state index in [4.69, 9.17) is 33.7 Å². The van der Waals surface area contributed by atoms with Gasteiger partial charge in [-0.15, -0.1) is 0 Å². The lowest BCUT2D eigenvalue weighted by Crippen LogP contribution is -2.04. The summed E-state index contributed by atoms with van der Waals surface area (Å²) in [5, 5.41) is 1.27. The first kappa shape index (κ1) is 14.7. The first-order chi connectivity index (χ1) is 9.10. The molecule has 100 valence electrons. The molecule has 0 radical (unpaired) electrons. The van der Waals surface area contributed by atoms with E-state index in [0.29, 0.717) is 28.1 Å². The second kappa shape index (κ2) is 6.62. The number of nitrogens with two attached hydrogens (primary N) is 1. The van der Waals surface area contributed by atoms with Crippen LogP contribution in [0, 0.1) is 0 Å². The predicted molar refractivity (Wildman–Crippen MR) is 83.4 cm³/mol. The summed E-state index contributed by atoms with van der Waals surface area (Å²) < 4.78 is 6.67. The summed E-state index contributed by atoms with van der Waals surface area (Å²) in [5.74, 6) is 1.39. The molecule has 0 heterocycles. The highest BCUT2D eigenvalue weighted by Gasteiger charge is 2.08. The van der Waals surface area contributed by atoms with Crippen molar-refractivity contribution in [2.75, 3.05) is 6.54 Å². The molecule has 0 spiro atoms. The van der Waals surface area contributed by atoms with Gasteiger partial charge in [0.05, 0.1) is 4.47 Å². The Bertz CT molecular complexity index is 590. The van der Waals surface area contributed by atoms with E-state index in [2.05, 4.69) is 15.9 Å². The number of hydrogen-bond acceptors (Lipinski definition) is 2. The van der Waals surface area contributed by atoms with Gasteiger partial charge in [0, 0.05) is 10.0 Å². The van der Waals surface area contributed by atoms with Crippen LogP contribution < -0.4 is 10.5 Å². The summed E-state index contributed by atoms with van der Waals surface area (Å²) in [5.41, 5.74) is 6.62. The molecule has 2 nitrogen and oxygen atoms in total. The van der Waals surface area contributed by atoms with E-state index in [1.165, 1.54) is 0 Å². The average Bonchev–Trinajstić information content (AvgIpc) is 2.36. The van der Waals surface area contributed by atoms with Gasteiger partial charge < -0.3 is 10.5 Å². The van der Waals surface area contributed by atoms with Gasteiger partial charge in [-0.2, -0.15) is 0 Å². The molecule has 5 heteroatoms. The SMILES string of the molecule is NCCc1ccc(Cl)cc1Oc1ccc(Cl)cc1Br. The summed E-state index contributed by atoms with van der Waals surface area (Å²) in [6.45, 7) is 0.555. The molecule has 0 bridgehead atoms. The number of benzene rings is 2. The Balaban J connectivity index is 2.33. The van der Waals surface area contributed by atoms with Crippen LogP contribution in [0.25, 0.3) is 0 Å². The fourth-order valence-corrected chi connectivity index (χ4v) is 2.59. The molecule has 0 aromatic heterocycles. The van der Waals surface area contributed by atoms with Crippen LogP contribution in [0.3, 0.4) is 0 Å². The number of ether oxygens (including phenoxy) is 1. The van der Waals surface area contributed by atoms with Crippen molar-refractivity contribution in [1.82, 2.24) is 0 Å². The summed E-state index contributed by atoms with van der Waals surface area (Å²) in [6, 6.07) is 10.9. The van der Waals surface area contributed by atoms with Crippen LogP contribution in [0.4, 0.5) is 0 Å². The Morgan fingerprint density at radius 1 is 1.00 bits per heavy atom. The molecule has 0 aliphatic rings. The fraction of sp³-hybridized carbons (Fsp3) is 0.143. The Morgan fingerprint density at radius 2 is 1.68 bits per heavy atom. The normalized spacial score (nSPS) is 10.5. The average molecular weight is 361 g/mol. The first-order valence-corrected chi connectivity index (χ1v) is 7.26. The molecule has 0 unspecified atom stereocenters. The van der Waals surface area contributed by atoms with E-state index in [-0.39, 0.29) is 0 Å². The van der Waals surface area contributed by atoms with E-state index in [0.717, 1.165) is 16.5 Å². The van der Waals surface area contributed by atoms with Gasteiger partial charge in [0.1, 0.15) is 11.5 Å². The lowest BCUT2D eigenvalue weighted by molar-refractivity contribution is 0.473. The van der Waals surface area contributed by atoms with Gasteiger partial charge >= 0.3 is 0 Å². The zero-order chi connectivity index (χ0) is 13.8. The first-order valence-electron chi connectivity index (χ1n) is 5.71. The minimum Gasteiger partial charge on any atom is -0.456 e. The molecule has 0 amide bonds. The highest BCUT2D eigenvalue weighted by atomic mass is 79.9. The molecular weight excluding hydrogens is 349 g/mol. The maximum absolute atomic E-state index is 6.00. The molecule has 0 aliphatic carbocycles. The van der Waals surface area contributed by atoms with E-state index < -0.39 is 0 Å². The van der Waals surface area contributed by atoms with Crippen LogP contribution >= 0.6 is 39.1 Å². The summed E-state index contributed by atoms with van der Waals surface area (Å²) in [6.07, 6.45) is 0.734. The predicted octanol–water partition coefficient (Wildman–Crippen LogP) is 5.05.